The van der Waals surface area contributed by atoms with Crippen molar-refractivity contribution >= 4 is 11.9 Å². The molecule has 208 valence electrons. The smallest absolute Gasteiger partial charge is 0.325 e. The van der Waals surface area contributed by atoms with Crippen LogP contribution in [0.3, 0.4) is 0 Å². The van der Waals surface area contributed by atoms with Gasteiger partial charge in [-0.25, -0.2) is 4.79 Å². The van der Waals surface area contributed by atoms with Gasteiger partial charge in [0.2, 0.25) is 0 Å². The maximum atomic E-state index is 13.8. The Labute approximate surface area is 229 Å². The van der Waals surface area contributed by atoms with Gasteiger partial charge in [0.25, 0.3) is 5.91 Å². The first-order chi connectivity index (χ1) is 18.8. The van der Waals surface area contributed by atoms with E-state index in [9.17, 15) is 9.59 Å². The number of carbonyl (C=O) groups is 2. The van der Waals surface area contributed by atoms with Gasteiger partial charge >= 0.3 is 6.03 Å². The van der Waals surface area contributed by atoms with Crippen LogP contribution in [0.25, 0.3) is 0 Å². The van der Waals surface area contributed by atoms with Crippen molar-refractivity contribution in [3.63, 3.8) is 0 Å². The van der Waals surface area contributed by atoms with Crippen LogP contribution in [-0.4, -0.2) is 80.3 Å². The number of allylic oxidation sites excluding steroid dienone is 1. The number of fused-ring (bicyclic) bond motifs is 3. The van der Waals surface area contributed by atoms with E-state index in [1.807, 2.05) is 33.8 Å². The monoisotopic (exact) mass is 535 g/mol. The number of likely N-dealkylation sites (tertiary alicyclic amines) is 1. The topological polar surface area (TPSA) is 80.8 Å². The molecule has 0 saturated carbocycles. The van der Waals surface area contributed by atoms with E-state index in [1.54, 1.807) is 46.6 Å². The summed E-state index contributed by atoms with van der Waals surface area (Å²) in [6.07, 6.45) is 3.54. The highest BCUT2D eigenvalue weighted by atomic mass is 16.5. The molecule has 0 aliphatic carbocycles. The Morgan fingerprint density at radius 3 is 2.10 bits per heavy atom. The van der Waals surface area contributed by atoms with E-state index >= 15 is 0 Å². The molecule has 2 aromatic rings. The molecule has 0 bridgehead atoms. The Morgan fingerprint density at radius 2 is 1.54 bits per heavy atom. The number of piperidine rings is 1. The number of ether oxygens (including phenoxy) is 4. The Balaban J connectivity index is 1.46. The fourth-order valence-electron chi connectivity index (χ4n) is 6.46. The number of rotatable bonds is 6. The molecule has 1 unspecified atom stereocenters. The maximum absolute atomic E-state index is 13.8. The van der Waals surface area contributed by atoms with Gasteiger partial charge in [-0.05, 0) is 43.5 Å². The minimum Gasteiger partial charge on any atom is -0.497 e. The zero-order chi connectivity index (χ0) is 27.9. The molecular weight excluding hydrogens is 498 g/mol. The number of amides is 3. The lowest BCUT2D eigenvalue weighted by Gasteiger charge is -2.44. The molecule has 2 saturated heterocycles. The molecule has 3 aliphatic heterocycles. The van der Waals surface area contributed by atoms with Crippen LogP contribution in [0.15, 0.2) is 42.1 Å². The summed E-state index contributed by atoms with van der Waals surface area (Å²) in [6, 6.07) is 9.14. The molecular formula is C30H37N3O6. The van der Waals surface area contributed by atoms with E-state index in [0.29, 0.717) is 61.8 Å². The molecule has 3 heterocycles. The van der Waals surface area contributed by atoms with Gasteiger partial charge in [-0.1, -0.05) is 13.0 Å². The van der Waals surface area contributed by atoms with Gasteiger partial charge in [0.1, 0.15) is 23.0 Å². The molecule has 3 aliphatic rings. The van der Waals surface area contributed by atoms with Crippen LogP contribution in [0.1, 0.15) is 54.1 Å². The third kappa shape index (κ3) is 4.33. The summed E-state index contributed by atoms with van der Waals surface area (Å²) in [4.78, 5) is 33.1. The van der Waals surface area contributed by atoms with Crippen LogP contribution in [-0.2, 0) is 6.54 Å². The fourth-order valence-corrected chi connectivity index (χ4v) is 6.46. The average molecular weight is 536 g/mol. The van der Waals surface area contributed by atoms with Gasteiger partial charge in [0, 0.05) is 54.5 Å². The maximum Gasteiger partial charge on any atom is 0.325 e. The second kappa shape index (κ2) is 10.4. The van der Waals surface area contributed by atoms with Gasteiger partial charge in [-0.3, -0.25) is 9.69 Å². The summed E-state index contributed by atoms with van der Waals surface area (Å²) in [5, 5.41) is 0. The lowest BCUT2D eigenvalue weighted by molar-refractivity contribution is 0.0575. The molecule has 39 heavy (non-hydrogen) atoms. The average Bonchev–Trinajstić information content (AvgIpc) is 3.07. The van der Waals surface area contributed by atoms with Crippen molar-refractivity contribution in [1.82, 2.24) is 14.7 Å². The van der Waals surface area contributed by atoms with Gasteiger partial charge in [-0.2, -0.15) is 0 Å². The molecule has 2 fully saturated rings. The van der Waals surface area contributed by atoms with E-state index in [2.05, 4.69) is 13.0 Å². The van der Waals surface area contributed by atoms with Crippen LogP contribution < -0.4 is 18.9 Å². The zero-order valence-electron chi connectivity index (χ0n) is 23.6. The highest BCUT2D eigenvalue weighted by Gasteiger charge is 2.55. The Kier molecular flexibility index (Phi) is 7.09. The van der Waals surface area contributed by atoms with Crippen LogP contribution in [0, 0.1) is 0 Å². The third-order valence-corrected chi connectivity index (χ3v) is 8.39. The van der Waals surface area contributed by atoms with E-state index in [0.717, 1.165) is 22.6 Å². The van der Waals surface area contributed by atoms with Crippen molar-refractivity contribution in [3.8, 4) is 23.0 Å². The summed E-state index contributed by atoms with van der Waals surface area (Å²) >= 11 is 0. The summed E-state index contributed by atoms with van der Waals surface area (Å²) in [5.41, 5.74) is 3.17. The first kappa shape index (κ1) is 26.7. The number of benzene rings is 2. The first-order valence-corrected chi connectivity index (χ1v) is 13.4. The van der Waals surface area contributed by atoms with Crippen molar-refractivity contribution in [2.75, 3.05) is 48.1 Å². The van der Waals surface area contributed by atoms with Gasteiger partial charge in [-0.15, -0.1) is 0 Å². The van der Waals surface area contributed by atoms with Crippen molar-refractivity contribution in [2.24, 2.45) is 0 Å². The molecule has 1 spiro atoms. The highest BCUT2D eigenvalue weighted by Crippen LogP contribution is 2.49. The van der Waals surface area contributed by atoms with Gasteiger partial charge < -0.3 is 28.7 Å². The third-order valence-electron chi connectivity index (χ3n) is 8.39. The molecule has 0 N–H and O–H groups in total. The van der Waals surface area contributed by atoms with Crippen LogP contribution in [0.5, 0.6) is 23.0 Å². The molecule has 0 aromatic heterocycles. The highest BCUT2D eigenvalue weighted by molar-refractivity contribution is 5.95. The predicted molar refractivity (Wildman–Crippen MR) is 147 cm³/mol. The molecule has 9 heteroatoms. The number of carbonyl (C=O) groups excluding carboxylic acids is 2. The number of hydrogen-bond acceptors (Lipinski definition) is 6. The Bertz CT molecular complexity index is 1290. The number of urea groups is 1. The summed E-state index contributed by atoms with van der Waals surface area (Å²) in [6.45, 7) is 6.28. The Morgan fingerprint density at radius 1 is 0.923 bits per heavy atom. The minimum atomic E-state index is -0.470. The molecule has 5 rings (SSSR count). The number of hydrogen-bond donors (Lipinski definition) is 0. The van der Waals surface area contributed by atoms with Crippen LogP contribution in [0.4, 0.5) is 4.79 Å². The second-order valence-corrected chi connectivity index (χ2v) is 10.3. The van der Waals surface area contributed by atoms with Crippen molar-refractivity contribution in [3.05, 3.63) is 58.8 Å². The second-order valence-electron chi connectivity index (χ2n) is 10.3. The normalized spacial score (nSPS) is 19.7. The molecule has 0 radical (unpaired) electrons. The minimum absolute atomic E-state index is 0.00268. The first-order valence-electron chi connectivity index (χ1n) is 13.4. The van der Waals surface area contributed by atoms with Crippen LogP contribution in [0.2, 0.25) is 0 Å². The van der Waals surface area contributed by atoms with E-state index in [1.165, 1.54) is 0 Å². The molecule has 3 amide bonds. The zero-order valence-corrected chi connectivity index (χ0v) is 23.6. The predicted octanol–water partition coefficient (Wildman–Crippen LogP) is 4.65. The van der Waals surface area contributed by atoms with Crippen molar-refractivity contribution in [1.29, 1.82) is 0 Å². The number of likely N-dealkylation sites (N-methyl/N-ethyl adjacent to an activating group) is 1. The Hall–Kier alpha value is -3.88. The number of methoxy groups -OCH3 is 4. The van der Waals surface area contributed by atoms with Crippen molar-refractivity contribution < 1.29 is 28.5 Å². The quantitative estimate of drug-likeness (QED) is 0.536. The summed E-state index contributed by atoms with van der Waals surface area (Å²) in [5.74, 6) is 2.58. The van der Waals surface area contributed by atoms with E-state index in [-0.39, 0.29) is 17.9 Å². The lowest BCUT2D eigenvalue weighted by atomic mass is 9.82. The van der Waals surface area contributed by atoms with Crippen LogP contribution >= 0.6 is 0 Å². The van der Waals surface area contributed by atoms with Gasteiger partial charge in [0.05, 0.1) is 40.5 Å². The number of nitrogens with zero attached hydrogens (tertiary/aromatic N) is 3. The van der Waals surface area contributed by atoms with Gasteiger partial charge in [0.15, 0.2) is 0 Å². The summed E-state index contributed by atoms with van der Waals surface area (Å²) < 4.78 is 22.0. The lowest BCUT2D eigenvalue weighted by Crippen LogP contribution is -2.54. The molecule has 9 nitrogen and oxygen atoms in total. The van der Waals surface area contributed by atoms with E-state index in [4.69, 9.17) is 18.9 Å². The van der Waals surface area contributed by atoms with E-state index < -0.39 is 5.54 Å². The van der Waals surface area contributed by atoms with Crippen molar-refractivity contribution in [2.45, 2.75) is 44.7 Å². The molecule has 2 aromatic carbocycles. The molecule has 1 atom stereocenters. The standard InChI is InChI=1S/C30H37N3O6/c1-7-33-29(35)32-18-21-15-24(38-5)17-25(39-6)27(21)19(2)12-26(32)30(33)8-10-31(11-9-30)28(34)20-13-22(36-3)16-23(14-20)37-4/h12-17,19H,7-11,18H2,1-6H3. The fraction of sp³-hybridized carbons (Fsp3) is 0.467. The summed E-state index contributed by atoms with van der Waals surface area (Å²) in [7, 11) is 6.44. The SMILES string of the molecule is CCN1C(=O)N2Cc3cc(OC)cc(OC)c3C(C)C=C2C12CCN(C(=O)c1cc(OC)cc(OC)c1)CC2. The largest absolute Gasteiger partial charge is 0.497 e.